The zero-order chi connectivity index (χ0) is 11.4. The van der Waals surface area contributed by atoms with Crippen molar-refractivity contribution in [1.29, 1.82) is 0 Å². The largest absolute Gasteiger partial charge is 0.496 e. The van der Waals surface area contributed by atoms with Gasteiger partial charge in [0.15, 0.2) is 0 Å². The predicted octanol–water partition coefficient (Wildman–Crippen LogP) is 2.59. The lowest BCUT2D eigenvalue weighted by atomic mass is 10.1. The monoisotopic (exact) mass is 221 g/mol. The molecule has 1 aromatic carbocycles. The number of benzene rings is 1. The van der Waals surface area contributed by atoms with E-state index in [0.717, 1.165) is 36.6 Å². The van der Waals surface area contributed by atoms with Crippen molar-refractivity contribution in [3.05, 3.63) is 23.8 Å². The van der Waals surface area contributed by atoms with Crippen molar-refractivity contribution >= 4 is 5.69 Å². The van der Waals surface area contributed by atoms with Crippen molar-refractivity contribution < 1.29 is 9.47 Å². The van der Waals surface area contributed by atoms with Gasteiger partial charge in [-0.1, -0.05) is 0 Å². The van der Waals surface area contributed by atoms with Crippen LogP contribution in [-0.2, 0) is 4.74 Å². The van der Waals surface area contributed by atoms with Crippen LogP contribution in [0.2, 0.25) is 0 Å². The number of methoxy groups -OCH3 is 1. The molecule has 1 fully saturated rings. The van der Waals surface area contributed by atoms with E-state index in [9.17, 15) is 0 Å². The summed E-state index contributed by atoms with van der Waals surface area (Å²) in [5.41, 5.74) is 2.30. The summed E-state index contributed by atoms with van der Waals surface area (Å²) < 4.78 is 10.7. The van der Waals surface area contributed by atoms with E-state index in [1.807, 2.05) is 6.07 Å². The van der Waals surface area contributed by atoms with Gasteiger partial charge in [-0.2, -0.15) is 0 Å². The summed E-state index contributed by atoms with van der Waals surface area (Å²) in [5.74, 6) is 0.936. The fourth-order valence-corrected chi connectivity index (χ4v) is 2.06. The molecule has 1 unspecified atom stereocenters. The minimum atomic E-state index is 0.446. The maximum Gasteiger partial charge on any atom is 0.121 e. The van der Waals surface area contributed by atoms with Gasteiger partial charge in [-0.15, -0.1) is 0 Å². The van der Waals surface area contributed by atoms with Gasteiger partial charge < -0.3 is 14.8 Å². The van der Waals surface area contributed by atoms with Crippen LogP contribution in [0.1, 0.15) is 18.4 Å². The number of hydrogen-bond donors (Lipinski definition) is 1. The highest BCUT2D eigenvalue weighted by molar-refractivity contribution is 5.51. The summed E-state index contributed by atoms with van der Waals surface area (Å²) >= 11 is 0. The Morgan fingerprint density at radius 3 is 2.94 bits per heavy atom. The van der Waals surface area contributed by atoms with Crippen molar-refractivity contribution in [2.24, 2.45) is 0 Å². The Bertz CT molecular complexity index is 346. The zero-order valence-corrected chi connectivity index (χ0v) is 9.95. The number of rotatable bonds is 3. The van der Waals surface area contributed by atoms with Crippen LogP contribution >= 0.6 is 0 Å². The Morgan fingerprint density at radius 2 is 2.31 bits per heavy atom. The van der Waals surface area contributed by atoms with Crippen LogP contribution in [0, 0.1) is 6.92 Å². The normalized spacial score (nSPS) is 20.5. The molecule has 0 amide bonds. The first-order valence-corrected chi connectivity index (χ1v) is 5.78. The molecule has 2 rings (SSSR count). The molecular formula is C13H19NO2. The van der Waals surface area contributed by atoms with Crippen molar-refractivity contribution in [2.45, 2.75) is 25.8 Å². The molecule has 1 saturated heterocycles. The molecule has 88 valence electrons. The lowest BCUT2D eigenvalue weighted by molar-refractivity contribution is 0.0876. The summed E-state index contributed by atoms with van der Waals surface area (Å²) in [5, 5.41) is 3.49. The van der Waals surface area contributed by atoms with E-state index < -0.39 is 0 Å². The van der Waals surface area contributed by atoms with Crippen molar-refractivity contribution in [1.82, 2.24) is 0 Å². The average molecular weight is 221 g/mol. The van der Waals surface area contributed by atoms with Crippen LogP contribution in [0.3, 0.4) is 0 Å². The Kier molecular flexibility index (Phi) is 3.67. The van der Waals surface area contributed by atoms with E-state index in [1.54, 1.807) is 7.11 Å². The van der Waals surface area contributed by atoms with Gasteiger partial charge in [0.2, 0.25) is 0 Å². The molecule has 1 N–H and O–H groups in total. The molecule has 0 bridgehead atoms. The van der Waals surface area contributed by atoms with Gasteiger partial charge in [0, 0.05) is 18.3 Å². The lowest BCUT2D eigenvalue weighted by Crippen LogP contribution is -2.29. The molecule has 0 aliphatic carbocycles. The highest BCUT2D eigenvalue weighted by Gasteiger charge is 2.13. The highest BCUT2D eigenvalue weighted by atomic mass is 16.5. The SMILES string of the molecule is COc1ccc(NC2CCCOC2)cc1C. The molecule has 0 spiro atoms. The van der Waals surface area contributed by atoms with Gasteiger partial charge in [0.25, 0.3) is 0 Å². The minimum absolute atomic E-state index is 0.446. The molecule has 0 radical (unpaired) electrons. The fourth-order valence-electron chi connectivity index (χ4n) is 2.06. The van der Waals surface area contributed by atoms with E-state index in [-0.39, 0.29) is 0 Å². The quantitative estimate of drug-likeness (QED) is 0.851. The number of hydrogen-bond acceptors (Lipinski definition) is 3. The Morgan fingerprint density at radius 1 is 1.44 bits per heavy atom. The topological polar surface area (TPSA) is 30.5 Å². The van der Waals surface area contributed by atoms with E-state index in [1.165, 1.54) is 6.42 Å². The highest BCUT2D eigenvalue weighted by Crippen LogP contribution is 2.22. The number of ether oxygens (including phenoxy) is 2. The molecular weight excluding hydrogens is 202 g/mol. The molecule has 3 nitrogen and oxygen atoms in total. The predicted molar refractivity (Wildman–Crippen MR) is 65.2 cm³/mol. The smallest absolute Gasteiger partial charge is 0.121 e. The van der Waals surface area contributed by atoms with Crippen LogP contribution in [0.25, 0.3) is 0 Å². The van der Waals surface area contributed by atoms with Crippen molar-refractivity contribution in [3.8, 4) is 5.75 Å². The molecule has 0 aromatic heterocycles. The third-order valence-corrected chi connectivity index (χ3v) is 2.93. The van der Waals surface area contributed by atoms with Crippen molar-refractivity contribution in [3.63, 3.8) is 0 Å². The Hall–Kier alpha value is -1.22. The third kappa shape index (κ3) is 2.67. The first-order valence-electron chi connectivity index (χ1n) is 5.78. The average Bonchev–Trinajstić information content (AvgIpc) is 2.31. The van der Waals surface area contributed by atoms with Crippen LogP contribution in [0.15, 0.2) is 18.2 Å². The van der Waals surface area contributed by atoms with Crippen LogP contribution in [-0.4, -0.2) is 26.4 Å². The van der Waals surface area contributed by atoms with E-state index in [2.05, 4.69) is 24.4 Å². The fraction of sp³-hybridized carbons (Fsp3) is 0.538. The molecule has 3 heteroatoms. The second-order valence-corrected chi connectivity index (χ2v) is 4.24. The van der Waals surface area contributed by atoms with Crippen LogP contribution in [0.5, 0.6) is 5.75 Å². The number of nitrogens with one attached hydrogen (secondary N) is 1. The summed E-state index contributed by atoms with van der Waals surface area (Å²) in [6, 6.07) is 6.62. The van der Waals surface area contributed by atoms with Gasteiger partial charge in [-0.25, -0.2) is 0 Å². The molecule has 1 aliphatic heterocycles. The van der Waals surface area contributed by atoms with Crippen LogP contribution in [0.4, 0.5) is 5.69 Å². The van der Waals surface area contributed by atoms with Crippen molar-refractivity contribution in [2.75, 3.05) is 25.6 Å². The van der Waals surface area contributed by atoms with Gasteiger partial charge in [-0.05, 0) is 43.5 Å². The zero-order valence-electron chi connectivity index (χ0n) is 9.95. The molecule has 16 heavy (non-hydrogen) atoms. The summed E-state index contributed by atoms with van der Waals surface area (Å²) in [6.07, 6.45) is 2.33. The Balaban J connectivity index is 2.01. The van der Waals surface area contributed by atoms with Crippen LogP contribution < -0.4 is 10.1 Å². The van der Waals surface area contributed by atoms with Gasteiger partial charge >= 0.3 is 0 Å². The molecule has 1 aliphatic rings. The second-order valence-electron chi connectivity index (χ2n) is 4.24. The standard InChI is InChI=1S/C13H19NO2/c1-10-8-11(5-6-13(10)15-2)14-12-4-3-7-16-9-12/h5-6,8,12,14H,3-4,7,9H2,1-2H3. The van der Waals surface area contributed by atoms with E-state index >= 15 is 0 Å². The van der Waals surface area contributed by atoms with E-state index in [4.69, 9.17) is 9.47 Å². The summed E-state index contributed by atoms with van der Waals surface area (Å²) in [7, 11) is 1.70. The molecule has 1 atom stereocenters. The lowest BCUT2D eigenvalue weighted by Gasteiger charge is -2.24. The third-order valence-electron chi connectivity index (χ3n) is 2.93. The molecule has 1 heterocycles. The summed E-state index contributed by atoms with van der Waals surface area (Å²) in [6.45, 7) is 3.77. The molecule has 1 aromatic rings. The summed E-state index contributed by atoms with van der Waals surface area (Å²) in [4.78, 5) is 0. The second kappa shape index (κ2) is 5.21. The van der Waals surface area contributed by atoms with Gasteiger partial charge in [-0.3, -0.25) is 0 Å². The maximum atomic E-state index is 5.44. The first-order chi connectivity index (χ1) is 7.79. The Labute approximate surface area is 96.8 Å². The van der Waals surface area contributed by atoms with Gasteiger partial charge in [0.05, 0.1) is 13.7 Å². The number of aryl methyl sites for hydroxylation is 1. The minimum Gasteiger partial charge on any atom is -0.496 e. The number of anilines is 1. The van der Waals surface area contributed by atoms with Gasteiger partial charge in [0.1, 0.15) is 5.75 Å². The maximum absolute atomic E-state index is 5.44. The first kappa shape index (κ1) is 11.3. The van der Waals surface area contributed by atoms with E-state index in [0.29, 0.717) is 6.04 Å². The molecule has 0 saturated carbocycles.